The van der Waals surface area contributed by atoms with Gasteiger partial charge in [0.05, 0.1) is 46.2 Å². The predicted octanol–water partition coefficient (Wildman–Crippen LogP) is 3.82. The smallest absolute Gasteiger partial charge is 0.280 e. The summed E-state index contributed by atoms with van der Waals surface area (Å²) in [4.78, 5) is 15.8. The molecule has 5 heterocycles. The molecule has 0 saturated carbocycles. The molecule has 7 nitrogen and oxygen atoms in total. The van der Waals surface area contributed by atoms with E-state index in [2.05, 4.69) is 30.4 Å². The number of pyridine rings is 3. The van der Waals surface area contributed by atoms with E-state index < -0.39 is 6.43 Å². The summed E-state index contributed by atoms with van der Waals surface area (Å²) in [6.45, 7) is 3.85. The van der Waals surface area contributed by atoms with Crippen LogP contribution in [0.5, 0.6) is 0 Å². The Morgan fingerprint density at radius 3 is 2.77 bits per heavy atom. The van der Waals surface area contributed by atoms with Gasteiger partial charge in [0.25, 0.3) is 6.43 Å². The Morgan fingerprint density at radius 2 is 1.87 bits per heavy atom. The molecule has 4 aromatic heterocycles. The molecule has 0 unspecified atom stereocenters. The molecule has 0 radical (unpaired) electrons. The van der Waals surface area contributed by atoms with Crippen LogP contribution < -0.4 is 10.2 Å². The summed E-state index contributed by atoms with van der Waals surface area (Å²) in [5.41, 5.74) is 4.66. The van der Waals surface area contributed by atoms with Crippen LogP contribution in [0, 0.1) is 0 Å². The summed E-state index contributed by atoms with van der Waals surface area (Å²) < 4.78 is 26.2. The van der Waals surface area contributed by atoms with Crippen LogP contribution in [-0.4, -0.2) is 51.3 Å². The molecule has 9 heteroatoms. The van der Waals surface area contributed by atoms with Crippen LogP contribution in [0.15, 0.2) is 48.8 Å². The molecule has 1 saturated heterocycles. The van der Waals surface area contributed by atoms with Gasteiger partial charge >= 0.3 is 0 Å². The van der Waals surface area contributed by atoms with Gasteiger partial charge in [-0.05, 0) is 43.3 Å². The van der Waals surface area contributed by atoms with Crippen LogP contribution in [-0.2, 0) is 0 Å². The van der Waals surface area contributed by atoms with Crippen molar-refractivity contribution in [1.82, 2.24) is 30.5 Å². The Kier molecular flexibility index (Phi) is 5.25. The van der Waals surface area contributed by atoms with Gasteiger partial charge in [0.15, 0.2) is 0 Å². The largest absolute Gasteiger partial charge is 0.369 e. The molecule has 1 fully saturated rings. The highest BCUT2D eigenvalue weighted by Gasteiger charge is 2.16. The summed E-state index contributed by atoms with van der Waals surface area (Å²) >= 11 is 0. The molecule has 158 valence electrons. The molecule has 0 aromatic carbocycles. The lowest BCUT2D eigenvalue weighted by Crippen LogP contribution is -2.27. The third-order valence-corrected chi connectivity index (χ3v) is 5.39. The number of hydrogen-bond acceptors (Lipinski definition) is 6. The van der Waals surface area contributed by atoms with Crippen molar-refractivity contribution in [3.8, 4) is 22.6 Å². The summed E-state index contributed by atoms with van der Waals surface area (Å²) in [6.07, 6.45) is 1.97. The maximum Gasteiger partial charge on any atom is 0.280 e. The van der Waals surface area contributed by atoms with Crippen LogP contribution in [0.25, 0.3) is 33.7 Å². The number of H-pyrrole nitrogens is 1. The number of alkyl halides is 2. The van der Waals surface area contributed by atoms with Crippen molar-refractivity contribution in [2.45, 2.75) is 12.8 Å². The number of rotatable bonds is 4. The molecular weight excluding hydrogens is 400 g/mol. The highest BCUT2D eigenvalue weighted by atomic mass is 19.3. The fourth-order valence-corrected chi connectivity index (χ4v) is 3.81. The van der Waals surface area contributed by atoms with Crippen LogP contribution >= 0.6 is 0 Å². The minimum Gasteiger partial charge on any atom is -0.369 e. The van der Waals surface area contributed by atoms with Gasteiger partial charge in [0.1, 0.15) is 5.69 Å². The lowest BCUT2D eigenvalue weighted by Gasteiger charge is -2.22. The molecule has 0 atom stereocenters. The minimum absolute atomic E-state index is 0.273. The molecule has 1 aliphatic rings. The van der Waals surface area contributed by atoms with Gasteiger partial charge in [-0.1, -0.05) is 6.07 Å². The summed E-state index contributed by atoms with van der Waals surface area (Å²) in [6, 6.07) is 10.4. The second kappa shape index (κ2) is 8.35. The van der Waals surface area contributed by atoms with Crippen LogP contribution in [0.1, 0.15) is 18.5 Å². The first-order valence-electron chi connectivity index (χ1n) is 10.2. The average Bonchev–Trinajstić information content (AvgIpc) is 3.13. The van der Waals surface area contributed by atoms with E-state index in [0.29, 0.717) is 22.6 Å². The lowest BCUT2D eigenvalue weighted by atomic mass is 10.1. The zero-order valence-corrected chi connectivity index (χ0v) is 16.7. The molecular formula is C22H21F2N7. The second-order valence-corrected chi connectivity index (χ2v) is 7.43. The number of nitrogens with one attached hydrogen (secondary N) is 2. The molecule has 0 spiro atoms. The fourth-order valence-electron chi connectivity index (χ4n) is 3.81. The van der Waals surface area contributed by atoms with E-state index in [1.165, 1.54) is 6.07 Å². The van der Waals surface area contributed by atoms with Gasteiger partial charge in [-0.2, -0.15) is 5.10 Å². The van der Waals surface area contributed by atoms with Crippen molar-refractivity contribution in [3.63, 3.8) is 0 Å². The van der Waals surface area contributed by atoms with Crippen LogP contribution in [0.2, 0.25) is 0 Å². The van der Waals surface area contributed by atoms with E-state index in [4.69, 9.17) is 4.98 Å². The maximum absolute atomic E-state index is 13.1. The van der Waals surface area contributed by atoms with Gasteiger partial charge in [0, 0.05) is 25.2 Å². The first kappa shape index (κ1) is 19.5. The highest BCUT2D eigenvalue weighted by Crippen LogP contribution is 2.30. The molecule has 0 bridgehead atoms. The van der Waals surface area contributed by atoms with Crippen molar-refractivity contribution >= 4 is 16.7 Å². The van der Waals surface area contributed by atoms with E-state index >= 15 is 0 Å². The van der Waals surface area contributed by atoms with Crippen molar-refractivity contribution in [2.24, 2.45) is 0 Å². The maximum atomic E-state index is 13.1. The molecule has 1 aliphatic heterocycles. The Morgan fingerprint density at radius 1 is 0.935 bits per heavy atom. The number of hydrogen-bond donors (Lipinski definition) is 2. The molecule has 2 N–H and O–H groups in total. The summed E-state index contributed by atoms with van der Waals surface area (Å²) in [5, 5.41) is 10.4. The van der Waals surface area contributed by atoms with Crippen molar-refractivity contribution in [3.05, 3.63) is 54.5 Å². The third kappa shape index (κ3) is 3.96. The number of halogens is 2. The van der Waals surface area contributed by atoms with Gasteiger partial charge in [-0.15, -0.1) is 0 Å². The Labute approximate surface area is 177 Å². The third-order valence-electron chi connectivity index (χ3n) is 5.39. The van der Waals surface area contributed by atoms with E-state index in [9.17, 15) is 8.78 Å². The van der Waals surface area contributed by atoms with Gasteiger partial charge in [-0.25, -0.2) is 18.7 Å². The molecule has 4 aromatic rings. The number of fused-ring (bicyclic) bond motifs is 1. The molecule has 5 rings (SSSR count). The first-order chi connectivity index (χ1) is 15.2. The van der Waals surface area contributed by atoms with Gasteiger partial charge in [-0.3, -0.25) is 10.1 Å². The Hall–Kier alpha value is -3.46. The summed E-state index contributed by atoms with van der Waals surface area (Å²) in [5.74, 6) is 0. The lowest BCUT2D eigenvalue weighted by molar-refractivity contribution is 0.146. The summed E-state index contributed by atoms with van der Waals surface area (Å²) in [7, 11) is 0. The van der Waals surface area contributed by atoms with E-state index in [1.807, 2.05) is 24.4 Å². The van der Waals surface area contributed by atoms with Gasteiger partial charge < -0.3 is 10.2 Å². The predicted molar refractivity (Wildman–Crippen MR) is 115 cm³/mol. The first-order valence-corrected chi connectivity index (χ1v) is 10.2. The monoisotopic (exact) mass is 421 g/mol. The number of anilines is 1. The average molecular weight is 421 g/mol. The zero-order chi connectivity index (χ0) is 21.2. The van der Waals surface area contributed by atoms with E-state index in [0.717, 1.165) is 49.3 Å². The van der Waals surface area contributed by atoms with Crippen LogP contribution in [0.3, 0.4) is 0 Å². The van der Waals surface area contributed by atoms with Crippen molar-refractivity contribution in [2.75, 3.05) is 31.1 Å². The fraction of sp³-hybridized carbons (Fsp3) is 0.273. The normalized spacial score (nSPS) is 14.9. The number of aromatic nitrogens is 5. The zero-order valence-electron chi connectivity index (χ0n) is 16.7. The van der Waals surface area contributed by atoms with Crippen molar-refractivity contribution < 1.29 is 8.78 Å². The quantitative estimate of drug-likeness (QED) is 0.521. The second-order valence-electron chi connectivity index (χ2n) is 7.43. The van der Waals surface area contributed by atoms with E-state index in [-0.39, 0.29) is 5.69 Å². The molecule has 0 amide bonds. The number of aromatic amines is 1. The molecule has 0 aliphatic carbocycles. The van der Waals surface area contributed by atoms with Crippen LogP contribution in [0.4, 0.5) is 14.5 Å². The minimum atomic E-state index is -2.64. The SMILES string of the molecule is FC(F)c1cccc(-c2[nH]ncc2-c2ccc3ncc(N4CCCNCC4)cc3n2)n1. The molecule has 31 heavy (non-hydrogen) atoms. The van der Waals surface area contributed by atoms with Gasteiger partial charge in [0.2, 0.25) is 0 Å². The highest BCUT2D eigenvalue weighted by molar-refractivity contribution is 5.84. The number of nitrogens with zero attached hydrogens (tertiary/aromatic N) is 5. The van der Waals surface area contributed by atoms with Crippen molar-refractivity contribution in [1.29, 1.82) is 0 Å². The topological polar surface area (TPSA) is 82.6 Å². The standard InChI is InChI=1S/C22H21F2N7/c23-22(24)19-4-1-3-18(29-19)21-15(13-27-30-21)16-5-6-17-20(28-16)11-14(12-26-17)31-9-2-7-25-8-10-31/h1,3-6,11-13,22,25H,2,7-10H2,(H,27,30). The van der Waals surface area contributed by atoms with E-state index in [1.54, 1.807) is 18.3 Å². The Balaban J connectivity index is 1.53. The Bertz CT molecular complexity index is 1200.